The minimum atomic E-state index is -0.295. The summed E-state index contributed by atoms with van der Waals surface area (Å²) in [5, 5.41) is 5.56. The fourth-order valence-corrected chi connectivity index (χ4v) is 3.09. The van der Waals surface area contributed by atoms with E-state index in [1.54, 1.807) is 61.7 Å². The molecule has 0 saturated carbocycles. The molecule has 148 valence electrons. The van der Waals surface area contributed by atoms with E-state index in [0.717, 1.165) is 0 Å². The van der Waals surface area contributed by atoms with Crippen LogP contribution in [0.4, 0.5) is 11.4 Å². The summed E-state index contributed by atoms with van der Waals surface area (Å²) in [6.45, 7) is -0.111. The van der Waals surface area contributed by atoms with Crippen molar-refractivity contribution in [2.45, 2.75) is 0 Å². The zero-order valence-corrected chi connectivity index (χ0v) is 17.2. The van der Waals surface area contributed by atoms with E-state index >= 15 is 0 Å². The number of rotatable bonds is 7. The van der Waals surface area contributed by atoms with Gasteiger partial charge in [-0.15, -0.1) is 0 Å². The molecule has 29 heavy (non-hydrogen) atoms. The minimum Gasteiger partial charge on any atom is -0.496 e. The average molecular weight is 455 g/mol. The third-order valence-corrected chi connectivity index (χ3v) is 4.55. The first kappa shape index (κ1) is 20.4. The smallest absolute Gasteiger partial charge is 0.262 e. The fraction of sp³-hybridized carbons (Fsp3) is 0.0909. The van der Waals surface area contributed by atoms with Crippen LogP contribution in [0.25, 0.3) is 0 Å². The Bertz CT molecular complexity index is 1010. The Hall–Kier alpha value is -3.32. The molecule has 0 unspecified atom stereocenters. The van der Waals surface area contributed by atoms with Crippen molar-refractivity contribution in [2.75, 3.05) is 24.4 Å². The van der Waals surface area contributed by atoms with E-state index in [4.69, 9.17) is 9.47 Å². The van der Waals surface area contributed by atoms with Gasteiger partial charge in [0, 0.05) is 16.9 Å². The van der Waals surface area contributed by atoms with Crippen molar-refractivity contribution in [2.24, 2.45) is 0 Å². The lowest BCUT2D eigenvalue weighted by Gasteiger charge is -2.10. The topological polar surface area (TPSA) is 76.7 Å². The highest BCUT2D eigenvalue weighted by atomic mass is 79.9. The summed E-state index contributed by atoms with van der Waals surface area (Å²) in [7, 11) is 1.56. The average Bonchev–Trinajstić information content (AvgIpc) is 2.73. The van der Waals surface area contributed by atoms with Gasteiger partial charge < -0.3 is 20.1 Å². The number of benzene rings is 3. The fourth-order valence-electron chi connectivity index (χ4n) is 2.55. The maximum Gasteiger partial charge on any atom is 0.262 e. The Balaban J connectivity index is 1.59. The number of para-hydroxylation sites is 1. The number of methoxy groups -OCH3 is 1. The van der Waals surface area contributed by atoms with Gasteiger partial charge in [0.05, 0.1) is 11.6 Å². The summed E-state index contributed by atoms with van der Waals surface area (Å²) < 4.78 is 11.3. The quantitative estimate of drug-likeness (QED) is 0.540. The molecule has 0 saturated heterocycles. The molecule has 6 nitrogen and oxygen atoms in total. The molecular weight excluding hydrogens is 436 g/mol. The van der Waals surface area contributed by atoms with Gasteiger partial charge in [0.25, 0.3) is 11.8 Å². The van der Waals surface area contributed by atoms with Crippen molar-refractivity contribution in [3.8, 4) is 11.5 Å². The van der Waals surface area contributed by atoms with Gasteiger partial charge in [-0.05, 0) is 64.5 Å². The molecule has 0 heterocycles. The van der Waals surface area contributed by atoms with Crippen LogP contribution >= 0.6 is 15.9 Å². The number of carbonyl (C=O) groups excluding carboxylic acids is 2. The van der Waals surface area contributed by atoms with Crippen LogP contribution in [0, 0.1) is 0 Å². The van der Waals surface area contributed by atoms with Crippen LogP contribution in [0.2, 0.25) is 0 Å². The van der Waals surface area contributed by atoms with E-state index in [2.05, 4.69) is 26.6 Å². The van der Waals surface area contributed by atoms with Crippen molar-refractivity contribution in [1.82, 2.24) is 0 Å². The predicted molar refractivity (Wildman–Crippen MR) is 116 cm³/mol. The van der Waals surface area contributed by atoms with Crippen LogP contribution in [0.1, 0.15) is 10.4 Å². The molecule has 0 atom stereocenters. The lowest BCUT2D eigenvalue weighted by atomic mass is 10.2. The number of halogens is 1. The summed E-state index contributed by atoms with van der Waals surface area (Å²) in [5.74, 6) is 0.693. The first-order valence-electron chi connectivity index (χ1n) is 8.78. The Morgan fingerprint density at radius 3 is 2.31 bits per heavy atom. The molecule has 0 spiro atoms. The predicted octanol–water partition coefficient (Wildman–Crippen LogP) is 4.73. The molecule has 0 aromatic heterocycles. The molecule has 2 amide bonds. The summed E-state index contributed by atoms with van der Waals surface area (Å²) in [6.07, 6.45) is 0. The lowest BCUT2D eigenvalue weighted by molar-refractivity contribution is -0.118. The molecule has 0 aliphatic heterocycles. The molecule has 3 aromatic carbocycles. The van der Waals surface area contributed by atoms with Crippen LogP contribution in [0.15, 0.2) is 77.3 Å². The number of hydrogen-bond donors (Lipinski definition) is 2. The molecule has 7 heteroatoms. The Morgan fingerprint density at radius 1 is 0.897 bits per heavy atom. The Labute approximate surface area is 177 Å². The van der Waals surface area contributed by atoms with E-state index in [1.165, 1.54) is 0 Å². The molecule has 3 aromatic rings. The van der Waals surface area contributed by atoms with Gasteiger partial charge in [-0.25, -0.2) is 0 Å². The van der Waals surface area contributed by atoms with E-state index in [1.807, 2.05) is 18.2 Å². The highest BCUT2D eigenvalue weighted by Gasteiger charge is 2.10. The molecule has 0 radical (unpaired) electrons. The van der Waals surface area contributed by atoms with Gasteiger partial charge >= 0.3 is 0 Å². The zero-order valence-electron chi connectivity index (χ0n) is 15.6. The van der Waals surface area contributed by atoms with Crippen molar-refractivity contribution in [3.05, 3.63) is 82.8 Å². The van der Waals surface area contributed by atoms with E-state index in [0.29, 0.717) is 32.9 Å². The number of hydrogen-bond acceptors (Lipinski definition) is 4. The highest BCUT2D eigenvalue weighted by molar-refractivity contribution is 9.10. The number of nitrogens with one attached hydrogen (secondary N) is 2. The summed E-state index contributed by atoms with van der Waals surface area (Å²) in [5.41, 5.74) is 1.59. The van der Waals surface area contributed by atoms with Gasteiger partial charge in [0.2, 0.25) is 0 Å². The molecule has 2 N–H and O–H groups in total. The van der Waals surface area contributed by atoms with Gasteiger partial charge in [0.15, 0.2) is 6.61 Å². The molecule has 0 fully saturated rings. The Morgan fingerprint density at radius 2 is 1.62 bits per heavy atom. The summed E-state index contributed by atoms with van der Waals surface area (Å²) >= 11 is 3.37. The first-order valence-corrected chi connectivity index (χ1v) is 9.57. The van der Waals surface area contributed by atoms with Gasteiger partial charge in [-0.2, -0.15) is 0 Å². The maximum atomic E-state index is 12.5. The SMILES string of the molecule is COc1ccc(C(=O)Nc2cccc(NC(=O)COc3ccccc3)c2)cc1Br. The molecular formula is C22H19BrN2O4. The second-order valence-corrected chi connectivity index (χ2v) is 6.89. The standard InChI is InChI=1S/C22H19BrN2O4/c1-28-20-11-10-15(12-19(20)23)22(27)25-17-7-5-6-16(13-17)24-21(26)14-29-18-8-3-2-4-9-18/h2-13H,14H2,1H3,(H,24,26)(H,25,27). The normalized spacial score (nSPS) is 10.1. The van der Waals surface area contributed by atoms with Gasteiger partial charge in [-0.3, -0.25) is 9.59 Å². The van der Waals surface area contributed by atoms with Crippen LogP contribution < -0.4 is 20.1 Å². The monoisotopic (exact) mass is 454 g/mol. The van der Waals surface area contributed by atoms with Gasteiger partial charge in [0.1, 0.15) is 11.5 Å². The second-order valence-electron chi connectivity index (χ2n) is 6.03. The number of carbonyl (C=O) groups is 2. The van der Waals surface area contributed by atoms with Crippen molar-refractivity contribution in [3.63, 3.8) is 0 Å². The number of amides is 2. The molecule has 0 aliphatic carbocycles. The number of anilines is 2. The van der Waals surface area contributed by atoms with Crippen LogP contribution in [0.3, 0.4) is 0 Å². The minimum absolute atomic E-state index is 0.111. The lowest BCUT2D eigenvalue weighted by Crippen LogP contribution is -2.20. The summed E-state index contributed by atoms with van der Waals surface area (Å²) in [6, 6.07) is 21.1. The zero-order chi connectivity index (χ0) is 20.6. The second kappa shape index (κ2) is 9.75. The van der Waals surface area contributed by atoms with Crippen LogP contribution in [-0.4, -0.2) is 25.5 Å². The maximum absolute atomic E-state index is 12.5. The first-order chi connectivity index (χ1) is 14.0. The van der Waals surface area contributed by atoms with E-state index in [-0.39, 0.29) is 18.4 Å². The van der Waals surface area contributed by atoms with E-state index < -0.39 is 0 Å². The highest BCUT2D eigenvalue weighted by Crippen LogP contribution is 2.26. The molecule has 0 aliphatic rings. The van der Waals surface area contributed by atoms with Crippen molar-refractivity contribution >= 4 is 39.1 Å². The van der Waals surface area contributed by atoms with Crippen LogP contribution in [0.5, 0.6) is 11.5 Å². The van der Waals surface area contributed by atoms with E-state index in [9.17, 15) is 9.59 Å². The third kappa shape index (κ3) is 5.83. The Kier molecular flexibility index (Phi) is 6.86. The van der Waals surface area contributed by atoms with Gasteiger partial charge in [-0.1, -0.05) is 24.3 Å². The molecule has 0 bridgehead atoms. The van der Waals surface area contributed by atoms with Crippen molar-refractivity contribution < 1.29 is 19.1 Å². The number of ether oxygens (including phenoxy) is 2. The van der Waals surface area contributed by atoms with Crippen molar-refractivity contribution in [1.29, 1.82) is 0 Å². The third-order valence-electron chi connectivity index (χ3n) is 3.93. The molecule has 3 rings (SSSR count). The van der Waals surface area contributed by atoms with Crippen LogP contribution in [-0.2, 0) is 4.79 Å². The largest absolute Gasteiger partial charge is 0.496 e. The summed E-state index contributed by atoms with van der Waals surface area (Å²) in [4.78, 5) is 24.6.